The lowest BCUT2D eigenvalue weighted by molar-refractivity contribution is 0.103. The van der Waals surface area contributed by atoms with E-state index in [1.165, 1.54) is 11.3 Å². The van der Waals surface area contributed by atoms with Crippen molar-refractivity contribution >= 4 is 23.2 Å². The van der Waals surface area contributed by atoms with Gasteiger partial charge in [-0.25, -0.2) is 4.79 Å². The normalized spacial score (nSPS) is 18.6. The summed E-state index contributed by atoms with van der Waals surface area (Å²) < 4.78 is 0. The minimum Gasteiger partial charge on any atom is -0.338 e. The molecule has 1 aliphatic rings. The van der Waals surface area contributed by atoms with Gasteiger partial charge in [0.15, 0.2) is 5.78 Å². The molecule has 4 nitrogen and oxygen atoms in total. The fourth-order valence-corrected chi connectivity index (χ4v) is 2.83. The van der Waals surface area contributed by atoms with Gasteiger partial charge in [-0.05, 0) is 43.2 Å². The lowest BCUT2D eigenvalue weighted by Crippen LogP contribution is -2.42. The van der Waals surface area contributed by atoms with Crippen molar-refractivity contribution < 1.29 is 9.59 Å². The first kappa shape index (κ1) is 13.8. The van der Waals surface area contributed by atoms with E-state index in [-0.39, 0.29) is 17.9 Å². The molecule has 1 aromatic rings. The van der Waals surface area contributed by atoms with Crippen LogP contribution in [0.15, 0.2) is 29.2 Å². The van der Waals surface area contributed by atoms with E-state index in [0.717, 1.165) is 29.7 Å². The summed E-state index contributed by atoms with van der Waals surface area (Å²) in [5.41, 5.74) is 0.872. The Bertz CT molecular complexity index is 480. The van der Waals surface area contributed by atoms with E-state index >= 15 is 0 Å². The minimum atomic E-state index is -0.131. The van der Waals surface area contributed by atoms with Gasteiger partial charge in [0.25, 0.3) is 0 Å². The smallest absolute Gasteiger partial charge is 0.315 e. The third-order valence-corrected chi connectivity index (χ3v) is 3.99. The number of hydrogen-bond acceptors (Lipinski definition) is 3. The van der Waals surface area contributed by atoms with Crippen LogP contribution in [0.4, 0.5) is 4.79 Å². The summed E-state index contributed by atoms with van der Waals surface area (Å²) in [5.74, 6) is 0.131. The molecule has 0 saturated carbocycles. The molecule has 0 aliphatic heterocycles. The Balaban J connectivity index is 1.89. The molecule has 1 aromatic heterocycles. The van der Waals surface area contributed by atoms with Gasteiger partial charge in [-0.1, -0.05) is 12.1 Å². The maximum Gasteiger partial charge on any atom is 0.315 e. The van der Waals surface area contributed by atoms with Crippen molar-refractivity contribution in [3.63, 3.8) is 0 Å². The Kier molecular flexibility index (Phi) is 4.74. The van der Waals surface area contributed by atoms with Crippen molar-refractivity contribution in [2.24, 2.45) is 0 Å². The van der Waals surface area contributed by atoms with Gasteiger partial charge >= 0.3 is 6.03 Å². The van der Waals surface area contributed by atoms with Gasteiger partial charge in [-0.2, -0.15) is 0 Å². The highest BCUT2D eigenvalue weighted by Crippen LogP contribution is 2.23. The van der Waals surface area contributed by atoms with E-state index in [1.807, 2.05) is 30.5 Å². The molecule has 2 rings (SSSR count). The molecule has 2 amide bonds. The van der Waals surface area contributed by atoms with E-state index in [2.05, 4.69) is 10.6 Å². The topological polar surface area (TPSA) is 58.2 Å². The first-order valence-electron chi connectivity index (χ1n) is 6.52. The Morgan fingerprint density at radius 2 is 2.32 bits per heavy atom. The predicted octanol–water partition coefficient (Wildman–Crippen LogP) is 2.73. The van der Waals surface area contributed by atoms with Crippen LogP contribution in [-0.4, -0.2) is 24.4 Å². The lowest BCUT2D eigenvalue weighted by Gasteiger charge is -2.22. The van der Waals surface area contributed by atoms with Gasteiger partial charge in [-0.3, -0.25) is 4.79 Å². The van der Waals surface area contributed by atoms with E-state index in [0.29, 0.717) is 6.54 Å². The summed E-state index contributed by atoms with van der Waals surface area (Å²) in [6, 6.07) is 3.74. The maximum absolute atomic E-state index is 12.1. The van der Waals surface area contributed by atoms with Gasteiger partial charge in [0.2, 0.25) is 0 Å². The quantitative estimate of drug-likeness (QED) is 0.832. The van der Waals surface area contributed by atoms with Crippen LogP contribution in [0.5, 0.6) is 0 Å². The Morgan fingerprint density at radius 1 is 1.47 bits per heavy atom. The molecule has 5 heteroatoms. The second-order valence-corrected chi connectivity index (χ2v) is 5.46. The monoisotopic (exact) mass is 278 g/mol. The van der Waals surface area contributed by atoms with E-state index in [9.17, 15) is 9.59 Å². The number of thiophene rings is 1. The highest BCUT2D eigenvalue weighted by Gasteiger charge is 2.21. The fourth-order valence-electron chi connectivity index (χ4n) is 2.13. The number of allylic oxidation sites excluding steroid dienone is 1. The lowest BCUT2D eigenvalue weighted by atomic mass is 9.92. The average molecular weight is 278 g/mol. The van der Waals surface area contributed by atoms with Crippen molar-refractivity contribution in [1.82, 2.24) is 10.6 Å². The Morgan fingerprint density at radius 3 is 2.89 bits per heavy atom. The van der Waals surface area contributed by atoms with Gasteiger partial charge < -0.3 is 10.6 Å². The van der Waals surface area contributed by atoms with Gasteiger partial charge in [-0.15, -0.1) is 11.3 Å². The van der Waals surface area contributed by atoms with Crippen LogP contribution < -0.4 is 10.6 Å². The minimum absolute atomic E-state index is 0.131. The summed E-state index contributed by atoms with van der Waals surface area (Å²) in [6.07, 6.45) is 4.24. The number of nitrogens with one attached hydrogen (secondary N) is 2. The summed E-state index contributed by atoms with van der Waals surface area (Å²) in [5, 5.41) is 7.54. The molecule has 102 valence electrons. The van der Waals surface area contributed by atoms with Crippen molar-refractivity contribution in [2.45, 2.75) is 32.2 Å². The zero-order chi connectivity index (χ0) is 13.7. The number of urea groups is 1. The van der Waals surface area contributed by atoms with E-state index < -0.39 is 0 Å². The molecule has 1 aliphatic carbocycles. The molecule has 0 radical (unpaired) electrons. The molecule has 19 heavy (non-hydrogen) atoms. The highest BCUT2D eigenvalue weighted by atomic mass is 32.1. The number of carbonyl (C=O) groups is 2. The highest BCUT2D eigenvalue weighted by molar-refractivity contribution is 7.12. The fraction of sp³-hybridized carbons (Fsp3) is 0.429. The first-order valence-corrected chi connectivity index (χ1v) is 7.40. The molecule has 1 unspecified atom stereocenters. The number of carbonyl (C=O) groups excluding carboxylic acids is 2. The molecule has 0 aromatic carbocycles. The number of rotatable bonds is 4. The first-order chi connectivity index (χ1) is 9.20. The van der Waals surface area contributed by atoms with Crippen molar-refractivity contribution in [3.8, 4) is 0 Å². The number of Topliss-reactive ketones (excluding diaryl/α,β-unsaturated/α-hetero) is 1. The molecular weight excluding hydrogens is 260 g/mol. The predicted molar refractivity (Wildman–Crippen MR) is 76.6 cm³/mol. The molecule has 1 heterocycles. The third kappa shape index (κ3) is 3.67. The maximum atomic E-state index is 12.1. The molecule has 0 spiro atoms. The van der Waals surface area contributed by atoms with E-state index in [4.69, 9.17) is 0 Å². The van der Waals surface area contributed by atoms with Crippen molar-refractivity contribution in [3.05, 3.63) is 34.0 Å². The largest absolute Gasteiger partial charge is 0.338 e. The summed E-state index contributed by atoms with van der Waals surface area (Å²) >= 11 is 1.47. The molecule has 0 fully saturated rings. The Hall–Kier alpha value is -1.62. The summed E-state index contributed by atoms with van der Waals surface area (Å²) in [6.45, 7) is 2.51. The third-order valence-electron chi connectivity index (χ3n) is 3.12. The molecule has 1 atom stereocenters. The number of amides is 2. The zero-order valence-corrected chi connectivity index (χ0v) is 11.8. The molecule has 0 bridgehead atoms. The average Bonchev–Trinajstić information content (AvgIpc) is 2.93. The van der Waals surface area contributed by atoms with Crippen LogP contribution in [0.3, 0.4) is 0 Å². The van der Waals surface area contributed by atoms with Crippen LogP contribution >= 0.6 is 11.3 Å². The molecule has 0 saturated heterocycles. The van der Waals surface area contributed by atoms with Gasteiger partial charge in [0.05, 0.1) is 4.88 Å². The second kappa shape index (κ2) is 6.52. The summed E-state index contributed by atoms with van der Waals surface area (Å²) in [4.78, 5) is 24.3. The van der Waals surface area contributed by atoms with Crippen LogP contribution in [0, 0.1) is 0 Å². The summed E-state index contributed by atoms with van der Waals surface area (Å²) in [7, 11) is 0. The SMILES string of the molecule is CCNC(=O)NC1CC=C(C(=O)c2cccs2)CC1. The van der Waals surface area contributed by atoms with Gasteiger partial charge in [0, 0.05) is 12.6 Å². The zero-order valence-electron chi connectivity index (χ0n) is 10.9. The van der Waals surface area contributed by atoms with Crippen LogP contribution in [-0.2, 0) is 0 Å². The van der Waals surface area contributed by atoms with E-state index in [1.54, 1.807) is 0 Å². The van der Waals surface area contributed by atoms with Gasteiger partial charge in [0.1, 0.15) is 0 Å². The standard InChI is InChI=1S/C14H18N2O2S/c1-2-15-14(18)16-11-7-5-10(6-8-11)13(17)12-4-3-9-19-12/h3-5,9,11H,2,6-8H2,1H3,(H2,15,16,18). The van der Waals surface area contributed by atoms with Crippen molar-refractivity contribution in [2.75, 3.05) is 6.54 Å². The second-order valence-electron chi connectivity index (χ2n) is 4.51. The molecular formula is C14H18N2O2S. The van der Waals surface area contributed by atoms with Crippen molar-refractivity contribution in [1.29, 1.82) is 0 Å². The van der Waals surface area contributed by atoms with Crippen LogP contribution in [0.25, 0.3) is 0 Å². The number of hydrogen-bond donors (Lipinski definition) is 2. The van der Waals surface area contributed by atoms with Crippen LogP contribution in [0.2, 0.25) is 0 Å². The molecule has 2 N–H and O–H groups in total. The number of ketones is 1. The van der Waals surface area contributed by atoms with Crippen LogP contribution in [0.1, 0.15) is 35.9 Å². The Labute approximate surface area is 116 Å².